The molecule has 144 valence electrons. The number of halogens is 2. The van der Waals surface area contributed by atoms with Crippen molar-refractivity contribution in [1.82, 2.24) is 9.58 Å². The highest BCUT2D eigenvalue weighted by Gasteiger charge is 2.26. The van der Waals surface area contributed by atoms with Crippen LogP contribution in [0.3, 0.4) is 0 Å². The molecule has 1 aliphatic rings. The highest BCUT2D eigenvalue weighted by Crippen LogP contribution is 2.29. The van der Waals surface area contributed by atoms with Crippen molar-refractivity contribution in [2.24, 2.45) is 0 Å². The van der Waals surface area contributed by atoms with Gasteiger partial charge in [-0.2, -0.15) is 0 Å². The lowest BCUT2D eigenvalue weighted by atomic mass is 10.1. The minimum absolute atomic E-state index is 0.0368. The monoisotopic (exact) mass is 488 g/mol. The maximum atomic E-state index is 14.8. The number of carboxylic acids is 1. The van der Waals surface area contributed by atoms with Crippen LogP contribution in [0.4, 0.5) is 10.1 Å². The molecule has 1 aromatic heterocycles. The van der Waals surface area contributed by atoms with Crippen molar-refractivity contribution in [3.63, 3.8) is 0 Å². The summed E-state index contributed by atoms with van der Waals surface area (Å²) in [6, 6.07) is 2.59. The van der Waals surface area contributed by atoms with E-state index in [1.807, 2.05) is 11.9 Å². The third kappa shape index (κ3) is 3.76. The van der Waals surface area contributed by atoms with Gasteiger partial charge in [0.1, 0.15) is 17.7 Å². The van der Waals surface area contributed by atoms with Crippen molar-refractivity contribution in [3.05, 3.63) is 39.9 Å². The second-order valence-corrected chi connectivity index (χ2v) is 7.72. The standard InChI is InChI=1S/C17H18FIN4O4/c1-21-3-4-22(15(19)9-21)14-7-13-10(6-12(14)18)16(25)11(17(26)27)8-23(13)20-2-5-24/h5-8,15,20H,2-4,9H2,1H3,(H,26,27). The Hall–Kier alpha value is -2.21. The number of anilines is 1. The van der Waals surface area contributed by atoms with Gasteiger partial charge in [0.25, 0.3) is 0 Å². The highest BCUT2D eigenvalue weighted by molar-refractivity contribution is 14.1. The molecule has 3 rings (SSSR count). The van der Waals surface area contributed by atoms with Crippen molar-refractivity contribution in [1.29, 1.82) is 0 Å². The van der Waals surface area contributed by atoms with Crippen molar-refractivity contribution < 1.29 is 19.1 Å². The summed E-state index contributed by atoms with van der Waals surface area (Å²) in [6.45, 7) is 2.05. The first kappa shape index (κ1) is 19.5. The largest absolute Gasteiger partial charge is 0.477 e. The van der Waals surface area contributed by atoms with Crippen LogP contribution in [0.15, 0.2) is 23.1 Å². The number of aromatic nitrogens is 1. The second kappa shape index (κ2) is 7.80. The molecule has 1 saturated heterocycles. The molecule has 0 spiro atoms. The minimum Gasteiger partial charge on any atom is -0.477 e. The number of hydrogen-bond acceptors (Lipinski definition) is 6. The summed E-state index contributed by atoms with van der Waals surface area (Å²) in [5, 5.41) is 9.18. The van der Waals surface area contributed by atoms with E-state index in [0.717, 1.165) is 25.4 Å². The summed E-state index contributed by atoms with van der Waals surface area (Å²) in [5.74, 6) is -2.00. The number of nitrogens with zero attached hydrogens (tertiary/aromatic N) is 3. The molecule has 1 fully saturated rings. The molecular formula is C17H18FIN4O4. The Morgan fingerprint density at radius 1 is 1.44 bits per heavy atom. The van der Waals surface area contributed by atoms with Crippen LogP contribution < -0.4 is 15.8 Å². The number of carbonyl (C=O) groups excluding carboxylic acids is 1. The van der Waals surface area contributed by atoms with Crippen LogP contribution in [-0.2, 0) is 4.79 Å². The number of aldehydes is 1. The molecule has 1 atom stereocenters. The Balaban J connectivity index is 2.20. The third-order valence-electron chi connectivity index (χ3n) is 4.48. The third-order valence-corrected chi connectivity index (χ3v) is 5.55. The fourth-order valence-electron chi connectivity index (χ4n) is 3.11. The maximum Gasteiger partial charge on any atom is 0.341 e. The first-order chi connectivity index (χ1) is 12.8. The summed E-state index contributed by atoms with van der Waals surface area (Å²) in [4.78, 5) is 38.6. The van der Waals surface area contributed by atoms with E-state index in [4.69, 9.17) is 0 Å². The highest BCUT2D eigenvalue weighted by atomic mass is 127. The van der Waals surface area contributed by atoms with Crippen molar-refractivity contribution in [3.8, 4) is 0 Å². The van der Waals surface area contributed by atoms with E-state index in [1.165, 1.54) is 10.7 Å². The number of likely N-dealkylation sites (N-methyl/N-ethyl adjacent to an activating group) is 1. The fraction of sp³-hybridized carbons (Fsp3) is 0.353. The number of carbonyl (C=O) groups is 2. The first-order valence-corrected chi connectivity index (χ1v) is 9.47. The molecule has 0 radical (unpaired) electrons. The lowest BCUT2D eigenvalue weighted by Crippen LogP contribution is -2.49. The molecule has 0 bridgehead atoms. The Morgan fingerprint density at radius 2 is 2.19 bits per heavy atom. The Bertz CT molecular complexity index is 964. The molecule has 0 aliphatic carbocycles. The summed E-state index contributed by atoms with van der Waals surface area (Å²) in [5.41, 5.74) is 2.10. The molecule has 0 saturated carbocycles. The fourth-order valence-corrected chi connectivity index (χ4v) is 4.36. The normalized spacial score (nSPS) is 17.9. The molecule has 0 amide bonds. The molecule has 1 unspecified atom stereocenters. The van der Waals surface area contributed by atoms with Crippen LogP contribution in [0.5, 0.6) is 0 Å². The van der Waals surface area contributed by atoms with E-state index in [1.54, 1.807) is 0 Å². The van der Waals surface area contributed by atoms with E-state index in [-0.39, 0.29) is 16.0 Å². The Morgan fingerprint density at radius 3 is 2.81 bits per heavy atom. The average molecular weight is 488 g/mol. The van der Waals surface area contributed by atoms with Crippen LogP contribution in [0.1, 0.15) is 10.4 Å². The Kier molecular flexibility index (Phi) is 5.65. The molecule has 1 aromatic carbocycles. The van der Waals surface area contributed by atoms with Crippen molar-refractivity contribution in [2.75, 3.05) is 43.6 Å². The zero-order chi connectivity index (χ0) is 19.7. The van der Waals surface area contributed by atoms with Crippen molar-refractivity contribution >= 4 is 51.4 Å². The van der Waals surface area contributed by atoms with Crippen molar-refractivity contribution in [2.45, 2.75) is 4.05 Å². The first-order valence-electron chi connectivity index (χ1n) is 8.22. The van der Waals surface area contributed by atoms with Gasteiger partial charge in [-0.15, -0.1) is 0 Å². The maximum absolute atomic E-state index is 14.8. The number of rotatable bonds is 5. The van der Waals surface area contributed by atoms with E-state index in [0.29, 0.717) is 24.0 Å². The zero-order valence-electron chi connectivity index (χ0n) is 14.5. The minimum atomic E-state index is -1.42. The number of aromatic carboxylic acids is 1. The van der Waals surface area contributed by atoms with Crippen LogP contribution in [0.25, 0.3) is 10.9 Å². The van der Waals surface area contributed by atoms with Gasteiger partial charge in [-0.1, -0.05) is 22.6 Å². The molecule has 10 heteroatoms. The van der Waals surface area contributed by atoms with Gasteiger partial charge >= 0.3 is 5.97 Å². The smallest absolute Gasteiger partial charge is 0.341 e. The van der Waals surface area contributed by atoms with Gasteiger partial charge in [0.2, 0.25) is 5.43 Å². The lowest BCUT2D eigenvalue weighted by Gasteiger charge is -2.38. The molecular weight excluding hydrogens is 470 g/mol. The number of fused-ring (bicyclic) bond motifs is 1. The number of hydrogen-bond donors (Lipinski definition) is 2. The van der Waals surface area contributed by atoms with Crippen LogP contribution in [0.2, 0.25) is 0 Å². The summed E-state index contributed by atoms with van der Waals surface area (Å²) >= 11 is 2.24. The number of piperazine rings is 1. The van der Waals surface area contributed by atoms with Gasteiger partial charge in [-0.3, -0.25) is 9.47 Å². The van der Waals surface area contributed by atoms with Crippen LogP contribution >= 0.6 is 22.6 Å². The van der Waals surface area contributed by atoms with E-state index in [2.05, 4.69) is 32.9 Å². The SMILES string of the molecule is CN1CCN(c2cc3c(cc2F)c(=O)c(C(=O)O)cn3NCC=O)C(I)C1. The van der Waals surface area contributed by atoms with Gasteiger partial charge in [0, 0.05) is 25.8 Å². The number of pyridine rings is 1. The van der Waals surface area contributed by atoms with Gasteiger partial charge < -0.3 is 25.1 Å². The molecule has 2 heterocycles. The number of alkyl halides is 1. The van der Waals surface area contributed by atoms with Gasteiger partial charge in [0.05, 0.1) is 27.2 Å². The second-order valence-electron chi connectivity index (χ2n) is 6.29. The van der Waals surface area contributed by atoms with E-state index < -0.39 is 22.8 Å². The topological polar surface area (TPSA) is 94.9 Å². The lowest BCUT2D eigenvalue weighted by molar-refractivity contribution is -0.106. The van der Waals surface area contributed by atoms with Gasteiger partial charge in [0.15, 0.2) is 0 Å². The number of benzene rings is 1. The summed E-state index contributed by atoms with van der Waals surface area (Å²) in [7, 11) is 1.99. The average Bonchev–Trinajstić information content (AvgIpc) is 2.61. The van der Waals surface area contributed by atoms with Gasteiger partial charge in [-0.25, -0.2) is 9.18 Å². The summed E-state index contributed by atoms with van der Waals surface area (Å²) < 4.78 is 16.2. The quantitative estimate of drug-likeness (QED) is 0.282. The molecule has 2 aromatic rings. The molecule has 1 aliphatic heterocycles. The predicted octanol–water partition coefficient (Wildman–Crippen LogP) is 1.09. The van der Waals surface area contributed by atoms with E-state index in [9.17, 15) is 23.9 Å². The number of carboxylic acid groups (broad SMARTS) is 1. The zero-order valence-corrected chi connectivity index (χ0v) is 16.6. The van der Waals surface area contributed by atoms with Crippen LogP contribution in [0, 0.1) is 5.82 Å². The number of nitrogens with one attached hydrogen (secondary N) is 1. The predicted molar refractivity (Wildman–Crippen MR) is 108 cm³/mol. The molecule has 2 N–H and O–H groups in total. The molecule has 8 nitrogen and oxygen atoms in total. The van der Waals surface area contributed by atoms with Gasteiger partial charge in [-0.05, 0) is 19.2 Å². The van der Waals surface area contributed by atoms with Crippen LogP contribution in [-0.4, -0.2) is 64.2 Å². The summed E-state index contributed by atoms with van der Waals surface area (Å²) in [6.07, 6.45) is 1.72. The van der Waals surface area contributed by atoms with E-state index >= 15 is 0 Å². The molecule has 27 heavy (non-hydrogen) atoms. The Labute approximate surface area is 167 Å².